The van der Waals surface area contributed by atoms with E-state index in [-0.39, 0.29) is 23.0 Å². The van der Waals surface area contributed by atoms with Crippen LogP contribution in [-0.4, -0.2) is 31.3 Å². The van der Waals surface area contributed by atoms with Crippen molar-refractivity contribution in [3.8, 4) is 5.75 Å². The van der Waals surface area contributed by atoms with Crippen LogP contribution in [0.15, 0.2) is 45.9 Å². The van der Waals surface area contributed by atoms with Crippen LogP contribution in [0.1, 0.15) is 61.7 Å². The summed E-state index contributed by atoms with van der Waals surface area (Å²) in [6.07, 6.45) is 2.31. The van der Waals surface area contributed by atoms with Crippen molar-refractivity contribution < 1.29 is 18.3 Å². The number of hydrogen-bond acceptors (Lipinski definition) is 5. The molecule has 168 valence electrons. The molecule has 0 spiro atoms. The van der Waals surface area contributed by atoms with E-state index in [1.807, 2.05) is 18.2 Å². The van der Waals surface area contributed by atoms with Crippen LogP contribution in [0.2, 0.25) is 0 Å². The smallest absolute Gasteiger partial charge is 0.307 e. The van der Waals surface area contributed by atoms with Gasteiger partial charge in [-0.3, -0.25) is 4.79 Å². The molecule has 0 saturated carbocycles. The highest BCUT2D eigenvalue weighted by molar-refractivity contribution is 5.97. The third-order valence-electron chi connectivity index (χ3n) is 6.14. The van der Waals surface area contributed by atoms with Gasteiger partial charge in [0.25, 0.3) is 0 Å². The second-order valence-electron chi connectivity index (χ2n) is 8.78. The van der Waals surface area contributed by atoms with Crippen LogP contribution in [0, 0.1) is 5.82 Å². The van der Waals surface area contributed by atoms with Gasteiger partial charge >= 0.3 is 5.91 Å². The maximum absolute atomic E-state index is 14.9. The molecule has 2 heterocycles. The number of furan rings is 1. The molecule has 1 aliphatic rings. The Morgan fingerprint density at radius 3 is 2.88 bits per heavy atom. The van der Waals surface area contributed by atoms with E-state index in [0.717, 1.165) is 29.6 Å². The van der Waals surface area contributed by atoms with Gasteiger partial charge in [-0.1, -0.05) is 19.1 Å². The lowest BCUT2D eigenvalue weighted by atomic mass is 9.79. The Labute approximate surface area is 187 Å². The van der Waals surface area contributed by atoms with Crippen molar-refractivity contribution in [1.29, 1.82) is 0 Å². The summed E-state index contributed by atoms with van der Waals surface area (Å²) in [6.45, 7) is 9.42. The fraction of sp³-hybridized carbons (Fsp3) is 0.360. The van der Waals surface area contributed by atoms with Crippen LogP contribution >= 0.6 is 0 Å². The molecule has 0 saturated heterocycles. The first-order chi connectivity index (χ1) is 15.2. The first-order valence-electron chi connectivity index (χ1n) is 10.8. The molecule has 1 aliphatic heterocycles. The Morgan fingerprint density at radius 2 is 2.16 bits per heavy atom. The monoisotopic (exact) mass is 437 g/mol. The number of methoxy groups -OCH3 is 1. The quantitative estimate of drug-likeness (QED) is 0.425. The molecule has 1 unspecified atom stereocenters. The Morgan fingerprint density at radius 1 is 1.38 bits per heavy atom. The molecule has 4 rings (SSSR count). The van der Waals surface area contributed by atoms with Gasteiger partial charge in [-0.25, -0.2) is 9.82 Å². The molecule has 0 radical (unpaired) electrons. The van der Waals surface area contributed by atoms with Crippen molar-refractivity contribution in [2.75, 3.05) is 18.6 Å². The number of para-hydroxylation sites is 1. The van der Waals surface area contributed by atoms with E-state index in [1.165, 1.54) is 13.3 Å². The molecule has 0 aliphatic carbocycles. The number of benzene rings is 2. The number of ether oxygens (including phenoxy) is 1. The fourth-order valence-electron chi connectivity index (χ4n) is 4.74. The molecule has 2 aromatic carbocycles. The Kier molecular flexibility index (Phi) is 5.67. The van der Waals surface area contributed by atoms with Crippen LogP contribution < -0.4 is 15.1 Å². The number of carbonyl (C=O) groups is 1. The lowest BCUT2D eigenvalue weighted by Crippen LogP contribution is -2.48. The van der Waals surface area contributed by atoms with E-state index in [9.17, 15) is 9.18 Å². The van der Waals surface area contributed by atoms with Crippen LogP contribution in [0.5, 0.6) is 5.75 Å². The summed E-state index contributed by atoms with van der Waals surface area (Å²) in [5.41, 5.74) is 5.21. The van der Waals surface area contributed by atoms with E-state index in [0.29, 0.717) is 16.9 Å². The van der Waals surface area contributed by atoms with Crippen LogP contribution in [0.4, 0.5) is 10.1 Å². The number of carbonyl (C=O) groups excluding carboxylic acids is 1. The molecule has 32 heavy (non-hydrogen) atoms. The summed E-state index contributed by atoms with van der Waals surface area (Å²) in [5, 5.41) is 4.71. The molecule has 0 fully saturated rings. The van der Waals surface area contributed by atoms with Gasteiger partial charge < -0.3 is 14.1 Å². The minimum Gasteiger partial charge on any atom is -0.493 e. The zero-order chi connectivity index (χ0) is 23.0. The molecule has 0 bridgehead atoms. The Hall–Kier alpha value is -3.35. The number of anilines is 1. The van der Waals surface area contributed by atoms with Gasteiger partial charge in [0.15, 0.2) is 17.1 Å². The molecule has 7 heteroatoms. The summed E-state index contributed by atoms with van der Waals surface area (Å²) < 4.78 is 25.7. The van der Waals surface area contributed by atoms with Crippen molar-refractivity contribution in [3.63, 3.8) is 0 Å². The summed E-state index contributed by atoms with van der Waals surface area (Å²) in [5.74, 6) is 0.0287. The molecule has 1 N–H and O–H groups in total. The average Bonchev–Trinajstić information content (AvgIpc) is 3.18. The Balaban J connectivity index is 1.55. The largest absolute Gasteiger partial charge is 0.493 e. The van der Waals surface area contributed by atoms with Crippen molar-refractivity contribution >= 4 is 28.8 Å². The highest BCUT2D eigenvalue weighted by Gasteiger charge is 2.36. The maximum atomic E-state index is 14.9. The zero-order valence-corrected chi connectivity index (χ0v) is 19.0. The van der Waals surface area contributed by atoms with Gasteiger partial charge in [0.1, 0.15) is 5.82 Å². The third kappa shape index (κ3) is 3.83. The maximum Gasteiger partial charge on any atom is 0.307 e. The molecule has 6 nitrogen and oxygen atoms in total. The summed E-state index contributed by atoms with van der Waals surface area (Å²) in [7, 11) is 1.54. The zero-order valence-electron chi connectivity index (χ0n) is 19.0. The minimum absolute atomic E-state index is 0.0353. The van der Waals surface area contributed by atoms with Crippen LogP contribution in [-0.2, 0) is 0 Å². The number of rotatable bonds is 5. The fourth-order valence-corrected chi connectivity index (χ4v) is 4.74. The van der Waals surface area contributed by atoms with Crippen LogP contribution in [0.3, 0.4) is 0 Å². The second kappa shape index (κ2) is 8.30. The van der Waals surface area contributed by atoms with Gasteiger partial charge in [-0.05, 0) is 62.9 Å². The molecule has 1 atom stereocenters. The van der Waals surface area contributed by atoms with Gasteiger partial charge in [-0.15, -0.1) is 0 Å². The van der Waals surface area contributed by atoms with Gasteiger partial charge in [0.2, 0.25) is 0 Å². The highest BCUT2D eigenvalue weighted by Crippen LogP contribution is 2.43. The molecule has 3 aromatic rings. The van der Waals surface area contributed by atoms with Crippen molar-refractivity contribution in [2.45, 2.75) is 45.6 Å². The van der Waals surface area contributed by atoms with Crippen molar-refractivity contribution in [3.05, 3.63) is 59.1 Å². The second-order valence-corrected chi connectivity index (χ2v) is 8.78. The number of amides is 1. The standard InChI is InChI=1S/C25H28FN3O3/c1-6-29-20-12-19(26)17(10-18(20)15(2)13-25(29,3)4)14-27-28-24(30)22-11-16-8-7-9-21(31-5)23(16)32-22/h7-12,14-15H,6,13H2,1-5H3,(H,28,30)/b27-14-. The van der Waals surface area contributed by atoms with E-state index >= 15 is 0 Å². The lowest BCUT2D eigenvalue weighted by Gasteiger charge is -2.47. The van der Waals surface area contributed by atoms with Crippen molar-refractivity contribution in [2.24, 2.45) is 5.10 Å². The molecule has 1 aromatic heterocycles. The van der Waals surface area contributed by atoms with E-state index < -0.39 is 5.91 Å². The number of hydrazone groups is 1. The number of nitrogens with one attached hydrogen (secondary N) is 1. The topological polar surface area (TPSA) is 67.1 Å². The first kappa shape index (κ1) is 21.9. The number of hydrogen-bond donors (Lipinski definition) is 1. The normalized spacial score (nSPS) is 17.6. The summed E-state index contributed by atoms with van der Waals surface area (Å²) in [6, 6.07) is 10.4. The third-order valence-corrected chi connectivity index (χ3v) is 6.14. The predicted octanol–water partition coefficient (Wildman–Crippen LogP) is 5.46. The van der Waals surface area contributed by atoms with Gasteiger partial charge in [-0.2, -0.15) is 5.10 Å². The number of nitrogens with zero attached hydrogens (tertiary/aromatic N) is 2. The summed E-state index contributed by atoms with van der Waals surface area (Å²) >= 11 is 0. The highest BCUT2D eigenvalue weighted by atomic mass is 19.1. The average molecular weight is 438 g/mol. The van der Waals surface area contributed by atoms with Gasteiger partial charge in [0.05, 0.1) is 13.3 Å². The van der Waals surface area contributed by atoms with Crippen molar-refractivity contribution in [1.82, 2.24) is 5.43 Å². The number of halogens is 1. The van der Waals surface area contributed by atoms with E-state index in [1.54, 1.807) is 18.2 Å². The van der Waals surface area contributed by atoms with Gasteiger partial charge in [0, 0.05) is 28.7 Å². The summed E-state index contributed by atoms with van der Waals surface area (Å²) in [4.78, 5) is 14.7. The predicted molar refractivity (Wildman–Crippen MR) is 124 cm³/mol. The molecular formula is C25H28FN3O3. The SMILES string of the molecule is CCN1c2cc(F)c(/C=N\NC(=O)c3cc4cccc(OC)c4o3)cc2C(C)CC1(C)C. The molecule has 1 amide bonds. The van der Waals surface area contributed by atoms with E-state index in [4.69, 9.17) is 9.15 Å². The number of fused-ring (bicyclic) bond motifs is 2. The molecular weight excluding hydrogens is 409 g/mol. The Bertz CT molecular complexity index is 1200. The van der Waals surface area contributed by atoms with E-state index in [2.05, 4.69) is 43.1 Å². The minimum atomic E-state index is -0.523. The first-order valence-corrected chi connectivity index (χ1v) is 10.8. The lowest BCUT2D eigenvalue weighted by molar-refractivity contribution is 0.0929. The van der Waals surface area contributed by atoms with Crippen LogP contribution in [0.25, 0.3) is 11.0 Å².